The number of hydrogen-bond donors (Lipinski definition) is 2. The largest absolute Gasteiger partial charge is 0.481 e. The number of hydrogen-bond acceptors (Lipinski definition) is 4. The molecule has 1 aromatic heterocycles. The van der Waals surface area contributed by atoms with E-state index in [4.69, 9.17) is 0 Å². The van der Waals surface area contributed by atoms with Gasteiger partial charge in [-0.3, -0.25) is 9.78 Å². The molecule has 1 aliphatic rings. The van der Waals surface area contributed by atoms with E-state index in [1.54, 1.807) is 18.3 Å². The smallest absolute Gasteiger partial charge is 0.306 e. The van der Waals surface area contributed by atoms with Crippen molar-refractivity contribution >= 4 is 26.9 Å². The van der Waals surface area contributed by atoms with Crippen LogP contribution in [0.5, 0.6) is 0 Å². The SMILES string of the molecule is O=C(O)[C@@H]1CCCC[C@@H]1CNS(=O)(=O)c1cccc2cccnc12. The third-order valence-corrected chi connectivity index (χ3v) is 6.10. The van der Waals surface area contributed by atoms with Crippen LogP contribution in [0.1, 0.15) is 25.7 Å². The van der Waals surface area contributed by atoms with E-state index >= 15 is 0 Å². The van der Waals surface area contributed by atoms with Gasteiger partial charge in [0, 0.05) is 18.1 Å². The summed E-state index contributed by atoms with van der Waals surface area (Å²) in [5.41, 5.74) is 0.422. The van der Waals surface area contributed by atoms with Gasteiger partial charge in [0.15, 0.2) is 0 Å². The number of nitrogens with zero attached hydrogens (tertiary/aromatic N) is 1. The molecule has 1 heterocycles. The van der Waals surface area contributed by atoms with Crippen molar-refractivity contribution in [1.29, 1.82) is 0 Å². The second-order valence-electron chi connectivity index (χ2n) is 6.17. The number of para-hydroxylation sites is 1. The summed E-state index contributed by atoms with van der Waals surface area (Å²) >= 11 is 0. The van der Waals surface area contributed by atoms with Gasteiger partial charge in [-0.2, -0.15) is 0 Å². The Balaban J connectivity index is 1.82. The molecule has 1 aromatic carbocycles. The molecule has 2 atom stereocenters. The zero-order valence-corrected chi connectivity index (χ0v) is 14.0. The van der Waals surface area contributed by atoms with E-state index in [1.807, 2.05) is 12.1 Å². The number of rotatable bonds is 5. The molecule has 0 spiro atoms. The van der Waals surface area contributed by atoms with Gasteiger partial charge in [-0.05, 0) is 30.9 Å². The fourth-order valence-electron chi connectivity index (χ4n) is 3.36. The number of carboxylic acids is 1. The maximum Gasteiger partial charge on any atom is 0.306 e. The first-order chi connectivity index (χ1) is 11.5. The number of nitrogens with one attached hydrogen (secondary N) is 1. The van der Waals surface area contributed by atoms with Crippen LogP contribution in [0, 0.1) is 11.8 Å². The lowest BCUT2D eigenvalue weighted by Gasteiger charge is -2.28. The second-order valence-corrected chi connectivity index (χ2v) is 7.91. The van der Waals surface area contributed by atoms with Crippen LogP contribution in [-0.4, -0.2) is 31.0 Å². The van der Waals surface area contributed by atoms with Crippen LogP contribution in [0.25, 0.3) is 10.9 Å². The first kappa shape index (κ1) is 16.9. The lowest BCUT2D eigenvalue weighted by atomic mass is 9.79. The zero-order valence-electron chi connectivity index (χ0n) is 13.2. The molecule has 1 aliphatic carbocycles. The number of carbonyl (C=O) groups is 1. The van der Waals surface area contributed by atoms with Gasteiger partial charge >= 0.3 is 5.97 Å². The van der Waals surface area contributed by atoms with Crippen LogP contribution >= 0.6 is 0 Å². The molecule has 0 aliphatic heterocycles. The van der Waals surface area contributed by atoms with Crippen molar-refractivity contribution in [2.75, 3.05) is 6.54 Å². The monoisotopic (exact) mass is 348 g/mol. The Labute approximate surface area is 141 Å². The van der Waals surface area contributed by atoms with Gasteiger partial charge in [0.2, 0.25) is 10.0 Å². The van der Waals surface area contributed by atoms with Crippen LogP contribution < -0.4 is 4.72 Å². The van der Waals surface area contributed by atoms with E-state index < -0.39 is 21.9 Å². The highest BCUT2D eigenvalue weighted by atomic mass is 32.2. The van der Waals surface area contributed by atoms with Crippen molar-refractivity contribution in [3.05, 3.63) is 36.5 Å². The lowest BCUT2D eigenvalue weighted by Crippen LogP contribution is -2.37. The van der Waals surface area contributed by atoms with Gasteiger partial charge in [-0.25, -0.2) is 13.1 Å². The van der Waals surface area contributed by atoms with E-state index in [2.05, 4.69) is 9.71 Å². The standard InChI is InChI=1S/C17H20N2O4S/c20-17(21)14-8-2-1-5-13(14)11-19-24(22,23)15-9-3-6-12-7-4-10-18-16(12)15/h3-4,6-7,9-10,13-14,19H,1-2,5,8,11H2,(H,20,21)/t13-,14-/m1/s1. The summed E-state index contributed by atoms with van der Waals surface area (Å²) < 4.78 is 27.9. The minimum absolute atomic E-state index is 0.128. The van der Waals surface area contributed by atoms with Gasteiger partial charge in [0.1, 0.15) is 4.90 Å². The second kappa shape index (κ2) is 6.86. The summed E-state index contributed by atoms with van der Waals surface area (Å²) in [5, 5.41) is 10.1. The molecule has 1 fully saturated rings. The number of carboxylic acid groups (broad SMARTS) is 1. The van der Waals surface area contributed by atoms with Crippen molar-refractivity contribution < 1.29 is 18.3 Å². The zero-order chi connectivity index (χ0) is 17.2. The Hall–Kier alpha value is -1.99. The van der Waals surface area contributed by atoms with Crippen LogP contribution in [0.4, 0.5) is 0 Å². The van der Waals surface area contributed by atoms with Gasteiger partial charge in [-0.1, -0.05) is 31.0 Å². The summed E-state index contributed by atoms with van der Waals surface area (Å²) in [6.45, 7) is 0.141. The number of sulfonamides is 1. The average Bonchev–Trinajstić information content (AvgIpc) is 2.59. The van der Waals surface area contributed by atoms with Crippen molar-refractivity contribution in [3.63, 3.8) is 0 Å². The van der Waals surface area contributed by atoms with Gasteiger partial charge < -0.3 is 5.11 Å². The molecule has 0 amide bonds. The molecule has 6 nitrogen and oxygen atoms in total. The minimum Gasteiger partial charge on any atom is -0.481 e. The minimum atomic E-state index is -3.74. The molecule has 0 bridgehead atoms. The number of benzene rings is 1. The Morgan fingerprint density at radius 2 is 1.96 bits per heavy atom. The van der Waals surface area contributed by atoms with E-state index in [0.29, 0.717) is 11.9 Å². The van der Waals surface area contributed by atoms with Gasteiger partial charge in [0.05, 0.1) is 11.4 Å². The van der Waals surface area contributed by atoms with Crippen LogP contribution in [0.15, 0.2) is 41.4 Å². The van der Waals surface area contributed by atoms with Crippen LogP contribution in [0.3, 0.4) is 0 Å². The molecule has 3 rings (SSSR count). The summed E-state index contributed by atoms with van der Waals surface area (Å²) in [5.74, 6) is -1.49. The Morgan fingerprint density at radius 1 is 1.21 bits per heavy atom. The molecule has 0 radical (unpaired) electrons. The first-order valence-corrected chi connectivity index (χ1v) is 9.53. The number of pyridine rings is 1. The molecule has 1 saturated carbocycles. The molecule has 128 valence electrons. The molecular weight excluding hydrogens is 328 g/mol. The third kappa shape index (κ3) is 3.42. The summed E-state index contributed by atoms with van der Waals surface area (Å²) in [6.07, 6.45) is 4.72. The van der Waals surface area contributed by atoms with Crippen molar-refractivity contribution in [2.45, 2.75) is 30.6 Å². The molecule has 0 saturated heterocycles. The number of aliphatic carboxylic acids is 1. The quantitative estimate of drug-likeness (QED) is 0.865. The first-order valence-electron chi connectivity index (χ1n) is 8.05. The Kier molecular flexibility index (Phi) is 4.82. The third-order valence-electron chi connectivity index (χ3n) is 4.65. The van der Waals surface area contributed by atoms with Crippen molar-refractivity contribution in [2.24, 2.45) is 11.8 Å². The van der Waals surface area contributed by atoms with E-state index in [0.717, 1.165) is 24.6 Å². The predicted molar refractivity (Wildman–Crippen MR) is 90.0 cm³/mol. The van der Waals surface area contributed by atoms with E-state index in [9.17, 15) is 18.3 Å². The predicted octanol–water partition coefficient (Wildman–Crippen LogP) is 2.40. The van der Waals surface area contributed by atoms with Crippen LogP contribution in [0.2, 0.25) is 0 Å². The maximum atomic E-state index is 12.7. The highest BCUT2D eigenvalue weighted by Gasteiger charge is 2.32. The van der Waals surface area contributed by atoms with E-state index in [-0.39, 0.29) is 17.4 Å². The van der Waals surface area contributed by atoms with Crippen molar-refractivity contribution in [1.82, 2.24) is 9.71 Å². The summed E-state index contributed by atoms with van der Waals surface area (Å²) in [4.78, 5) is 15.6. The highest BCUT2D eigenvalue weighted by Crippen LogP contribution is 2.30. The van der Waals surface area contributed by atoms with Crippen molar-refractivity contribution in [3.8, 4) is 0 Å². The fraction of sp³-hybridized carbons (Fsp3) is 0.412. The van der Waals surface area contributed by atoms with Gasteiger partial charge in [0.25, 0.3) is 0 Å². The number of fused-ring (bicyclic) bond motifs is 1. The van der Waals surface area contributed by atoms with E-state index in [1.165, 1.54) is 6.07 Å². The highest BCUT2D eigenvalue weighted by molar-refractivity contribution is 7.89. The Bertz CT molecular complexity index is 845. The fourth-order valence-corrected chi connectivity index (χ4v) is 4.64. The molecule has 24 heavy (non-hydrogen) atoms. The Morgan fingerprint density at radius 3 is 2.75 bits per heavy atom. The molecule has 2 aromatic rings. The molecular formula is C17H20N2O4S. The summed E-state index contributed by atoms with van der Waals surface area (Å²) in [6, 6.07) is 8.57. The molecule has 7 heteroatoms. The van der Waals surface area contributed by atoms with Gasteiger partial charge in [-0.15, -0.1) is 0 Å². The normalized spacial score (nSPS) is 21.7. The molecule has 0 unspecified atom stereocenters. The topological polar surface area (TPSA) is 96.4 Å². The maximum absolute atomic E-state index is 12.7. The lowest BCUT2D eigenvalue weighted by molar-refractivity contribution is -0.144. The average molecular weight is 348 g/mol. The summed E-state index contributed by atoms with van der Waals surface area (Å²) in [7, 11) is -3.74. The molecule has 2 N–H and O–H groups in total. The number of aromatic nitrogens is 1. The van der Waals surface area contributed by atoms with Crippen LogP contribution in [-0.2, 0) is 14.8 Å².